The summed E-state index contributed by atoms with van der Waals surface area (Å²) < 4.78 is 13.6. The lowest BCUT2D eigenvalue weighted by Crippen LogP contribution is -2.09. The van der Waals surface area contributed by atoms with E-state index in [0.29, 0.717) is 0 Å². The van der Waals surface area contributed by atoms with Crippen LogP contribution in [-0.2, 0) is 4.79 Å². The minimum Gasteiger partial charge on any atom is -0.320 e. The van der Waals surface area contributed by atoms with Crippen molar-refractivity contribution in [3.63, 3.8) is 0 Å². The first-order valence-electron chi connectivity index (χ1n) is 6.17. The molecule has 0 atom stereocenters. The average Bonchev–Trinajstić information content (AvgIpc) is 2.50. The molecular weight excluding hydrogens is 309 g/mol. The number of hydrogen-bond donors (Lipinski definition) is 1. The normalized spacial score (nSPS) is 10.8. The number of rotatable bonds is 4. The van der Waals surface area contributed by atoms with E-state index in [-0.39, 0.29) is 10.7 Å². The summed E-state index contributed by atoms with van der Waals surface area (Å²) in [5.41, 5.74) is 0.962. The summed E-state index contributed by atoms with van der Waals surface area (Å²) in [5.74, 6) is -1.05. The molecule has 2 aromatic carbocycles. The van der Waals surface area contributed by atoms with Crippen LogP contribution in [-0.4, -0.2) is 12.2 Å². The van der Waals surface area contributed by atoms with E-state index in [1.165, 1.54) is 18.2 Å². The van der Waals surface area contributed by atoms with Gasteiger partial charge in [-0.1, -0.05) is 29.8 Å². The average molecular weight is 322 g/mol. The van der Waals surface area contributed by atoms with E-state index >= 15 is 0 Å². The number of amides is 1. The number of thioether (sulfide) groups is 1. The number of benzene rings is 2. The van der Waals surface area contributed by atoms with Crippen molar-refractivity contribution in [2.45, 2.75) is 4.90 Å². The Hall–Kier alpha value is -1.78. The van der Waals surface area contributed by atoms with E-state index in [4.69, 9.17) is 11.6 Å². The lowest BCUT2D eigenvalue weighted by Gasteiger charge is -2.04. The highest BCUT2D eigenvalue weighted by Gasteiger charge is 2.07. The fourth-order valence-electron chi connectivity index (χ4n) is 1.66. The molecule has 2 nitrogen and oxygen atoms in total. The lowest BCUT2D eigenvalue weighted by molar-refractivity contribution is -0.111. The zero-order valence-corrected chi connectivity index (χ0v) is 12.8. The molecule has 0 aliphatic rings. The molecule has 0 aliphatic carbocycles. The van der Waals surface area contributed by atoms with Crippen molar-refractivity contribution in [1.29, 1.82) is 0 Å². The molecule has 0 spiro atoms. The fraction of sp³-hybridized carbons (Fsp3) is 0.0625. The van der Waals surface area contributed by atoms with Gasteiger partial charge in [-0.15, -0.1) is 11.8 Å². The molecule has 2 aromatic rings. The zero-order valence-electron chi connectivity index (χ0n) is 11.3. The molecule has 2 rings (SSSR count). The number of carbonyl (C=O) groups is 1. The van der Waals surface area contributed by atoms with Gasteiger partial charge in [0.15, 0.2) is 5.82 Å². The predicted octanol–water partition coefficient (Wildman–Crippen LogP) is 4.85. The lowest BCUT2D eigenvalue weighted by atomic mass is 10.2. The molecule has 0 aliphatic heterocycles. The number of anilines is 1. The van der Waals surface area contributed by atoms with Gasteiger partial charge < -0.3 is 5.32 Å². The van der Waals surface area contributed by atoms with Crippen molar-refractivity contribution >= 4 is 41.0 Å². The SMILES string of the molecule is CSc1ccc(/C=C/C(=O)Nc2cccc(Cl)c2F)cc1. The smallest absolute Gasteiger partial charge is 0.248 e. The van der Waals surface area contributed by atoms with Crippen LogP contribution in [0.2, 0.25) is 5.02 Å². The Morgan fingerprint density at radius 2 is 1.95 bits per heavy atom. The highest BCUT2D eigenvalue weighted by Crippen LogP contribution is 2.22. The minimum absolute atomic E-state index is 0.0237. The number of halogens is 2. The molecular formula is C16H13ClFNOS. The van der Waals surface area contributed by atoms with E-state index in [1.54, 1.807) is 23.9 Å². The summed E-state index contributed by atoms with van der Waals surface area (Å²) in [5, 5.41) is 2.43. The summed E-state index contributed by atoms with van der Waals surface area (Å²) in [6, 6.07) is 12.2. The van der Waals surface area contributed by atoms with Gasteiger partial charge in [-0.3, -0.25) is 4.79 Å². The monoisotopic (exact) mass is 321 g/mol. The Labute approximate surface area is 132 Å². The van der Waals surface area contributed by atoms with E-state index in [2.05, 4.69) is 5.32 Å². The van der Waals surface area contributed by atoms with Crippen LogP contribution in [0.5, 0.6) is 0 Å². The van der Waals surface area contributed by atoms with Crippen molar-refractivity contribution < 1.29 is 9.18 Å². The Morgan fingerprint density at radius 3 is 2.62 bits per heavy atom. The molecule has 108 valence electrons. The highest BCUT2D eigenvalue weighted by molar-refractivity contribution is 7.98. The number of nitrogens with one attached hydrogen (secondary N) is 1. The van der Waals surface area contributed by atoms with Crippen molar-refractivity contribution in [3.05, 3.63) is 64.9 Å². The van der Waals surface area contributed by atoms with Gasteiger partial charge in [-0.25, -0.2) is 4.39 Å². The summed E-state index contributed by atoms with van der Waals surface area (Å²) in [6.07, 6.45) is 5.02. The van der Waals surface area contributed by atoms with Crippen LogP contribution >= 0.6 is 23.4 Å². The molecule has 0 radical (unpaired) electrons. The molecule has 0 bridgehead atoms. The molecule has 0 fully saturated rings. The first kappa shape index (κ1) is 15.6. The van der Waals surface area contributed by atoms with E-state index in [1.807, 2.05) is 30.5 Å². The first-order chi connectivity index (χ1) is 10.1. The molecule has 0 unspecified atom stereocenters. The maximum absolute atomic E-state index is 13.6. The molecule has 0 heterocycles. The molecule has 21 heavy (non-hydrogen) atoms. The predicted molar refractivity (Wildman–Crippen MR) is 87.3 cm³/mol. The van der Waals surface area contributed by atoms with Gasteiger partial charge in [-0.2, -0.15) is 0 Å². The Morgan fingerprint density at radius 1 is 1.24 bits per heavy atom. The topological polar surface area (TPSA) is 29.1 Å². The van der Waals surface area contributed by atoms with Crippen LogP contribution in [0.15, 0.2) is 53.4 Å². The second-order valence-electron chi connectivity index (χ2n) is 4.20. The van der Waals surface area contributed by atoms with Crippen LogP contribution < -0.4 is 5.32 Å². The summed E-state index contributed by atoms with van der Waals surface area (Å²) >= 11 is 7.30. The van der Waals surface area contributed by atoms with Crippen LogP contribution in [0.4, 0.5) is 10.1 Å². The third kappa shape index (κ3) is 4.34. The van der Waals surface area contributed by atoms with Crippen LogP contribution in [0.25, 0.3) is 6.08 Å². The number of hydrogen-bond acceptors (Lipinski definition) is 2. The molecule has 0 saturated carbocycles. The third-order valence-electron chi connectivity index (χ3n) is 2.75. The summed E-state index contributed by atoms with van der Waals surface area (Å²) in [7, 11) is 0. The van der Waals surface area contributed by atoms with Gasteiger partial charge in [-0.05, 0) is 42.2 Å². The maximum Gasteiger partial charge on any atom is 0.248 e. The van der Waals surface area contributed by atoms with Gasteiger partial charge in [0, 0.05) is 11.0 Å². The van der Waals surface area contributed by atoms with Crippen molar-refractivity contribution in [3.8, 4) is 0 Å². The number of carbonyl (C=O) groups excluding carboxylic acids is 1. The van der Waals surface area contributed by atoms with Crippen molar-refractivity contribution in [1.82, 2.24) is 0 Å². The van der Waals surface area contributed by atoms with Crippen LogP contribution in [0.3, 0.4) is 0 Å². The Balaban J connectivity index is 2.03. The fourth-order valence-corrected chi connectivity index (χ4v) is 2.24. The van der Waals surface area contributed by atoms with Crippen molar-refractivity contribution in [2.75, 3.05) is 11.6 Å². The Kier molecular flexibility index (Phi) is 5.42. The molecule has 0 aromatic heterocycles. The molecule has 0 saturated heterocycles. The largest absolute Gasteiger partial charge is 0.320 e. The molecule has 1 amide bonds. The zero-order chi connectivity index (χ0) is 15.2. The van der Waals surface area contributed by atoms with Gasteiger partial charge in [0.05, 0.1) is 10.7 Å². The van der Waals surface area contributed by atoms with Gasteiger partial charge >= 0.3 is 0 Å². The second kappa shape index (κ2) is 7.29. The summed E-state index contributed by atoms with van der Waals surface area (Å²) in [6.45, 7) is 0. The second-order valence-corrected chi connectivity index (χ2v) is 5.48. The van der Waals surface area contributed by atoms with Gasteiger partial charge in [0.2, 0.25) is 5.91 Å². The third-order valence-corrected chi connectivity index (χ3v) is 3.79. The highest BCUT2D eigenvalue weighted by atomic mass is 35.5. The summed E-state index contributed by atoms with van der Waals surface area (Å²) in [4.78, 5) is 12.9. The van der Waals surface area contributed by atoms with Gasteiger partial charge in [0.1, 0.15) is 0 Å². The first-order valence-corrected chi connectivity index (χ1v) is 7.77. The Bertz CT molecular complexity index is 670. The molecule has 1 N–H and O–H groups in total. The maximum atomic E-state index is 13.6. The van der Waals surface area contributed by atoms with E-state index in [9.17, 15) is 9.18 Å². The standard InChI is InChI=1S/C16H13ClFNOS/c1-21-12-8-5-11(6-9-12)7-10-15(20)19-14-4-2-3-13(17)16(14)18/h2-10H,1H3,(H,19,20)/b10-7+. The van der Waals surface area contributed by atoms with Crippen LogP contribution in [0, 0.1) is 5.82 Å². The molecule has 5 heteroatoms. The van der Waals surface area contributed by atoms with E-state index < -0.39 is 11.7 Å². The van der Waals surface area contributed by atoms with Crippen LogP contribution in [0.1, 0.15) is 5.56 Å². The van der Waals surface area contributed by atoms with Crippen molar-refractivity contribution in [2.24, 2.45) is 0 Å². The quantitative estimate of drug-likeness (QED) is 0.644. The minimum atomic E-state index is -0.634. The van der Waals surface area contributed by atoms with Gasteiger partial charge in [0.25, 0.3) is 0 Å². The van der Waals surface area contributed by atoms with E-state index in [0.717, 1.165) is 10.5 Å².